The molecular weight excluding hydrogens is 289 g/mol. The molecule has 2 aromatic rings. The van der Waals surface area contributed by atoms with Gasteiger partial charge in [-0.2, -0.15) is 0 Å². The van der Waals surface area contributed by atoms with Crippen LogP contribution in [0.15, 0.2) is 29.6 Å². The first kappa shape index (κ1) is 15.6. The first-order valence-electron chi connectivity index (χ1n) is 6.64. The molecule has 2 atom stereocenters. The van der Waals surface area contributed by atoms with Gasteiger partial charge in [0.15, 0.2) is 0 Å². The van der Waals surface area contributed by atoms with Gasteiger partial charge in [-0.15, -0.1) is 11.3 Å². The van der Waals surface area contributed by atoms with Gasteiger partial charge in [-0.1, -0.05) is 18.2 Å². The van der Waals surface area contributed by atoms with Crippen LogP contribution in [0.5, 0.6) is 0 Å². The summed E-state index contributed by atoms with van der Waals surface area (Å²) in [5.74, 6) is -0.562. The van der Waals surface area contributed by atoms with E-state index in [0.717, 1.165) is 0 Å². The summed E-state index contributed by atoms with van der Waals surface area (Å²) in [6.45, 7) is 3.61. The van der Waals surface area contributed by atoms with E-state index in [4.69, 9.17) is 5.73 Å². The lowest BCUT2D eigenvalue weighted by atomic mass is 10.1. The molecule has 1 amide bonds. The number of carbonyl (C=O) groups excluding carboxylic acids is 1. The molecule has 0 fully saturated rings. The maximum atomic E-state index is 13.8. The Morgan fingerprint density at radius 2 is 2.05 bits per heavy atom. The SMILES string of the molecule is CC(N)c1nc(C(=O)N(C)C(C)c2ccccc2F)cs1. The number of nitrogens with zero attached hydrogens (tertiary/aromatic N) is 2. The second kappa shape index (κ2) is 6.32. The van der Waals surface area contributed by atoms with Gasteiger partial charge in [0, 0.05) is 18.0 Å². The summed E-state index contributed by atoms with van der Waals surface area (Å²) in [7, 11) is 1.64. The molecule has 0 spiro atoms. The van der Waals surface area contributed by atoms with E-state index in [9.17, 15) is 9.18 Å². The van der Waals surface area contributed by atoms with Crippen molar-refractivity contribution in [1.29, 1.82) is 0 Å². The fraction of sp³-hybridized carbons (Fsp3) is 0.333. The lowest BCUT2D eigenvalue weighted by Gasteiger charge is -2.25. The normalized spacial score (nSPS) is 13.8. The maximum Gasteiger partial charge on any atom is 0.273 e. The minimum absolute atomic E-state index is 0.203. The molecule has 0 radical (unpaired) electrons. The van der Waals surface area contributed by atoms with E-state index < -0.39 is 0 Å². The predicted octanol–water partition coefficient (Wildman–Crippen LogP) is 3.14. The Hall–Kier alpha value is -1.79. The number of hydrogen-bond donors (Lipinski definition) is 1. The van der Waals surface area contributed by atoms with E-state index in [-0.39, 0.29) is 23.8 Å². The maximum absolute atomic E-state index is 13.8. The van der Waals surface area contributed by atoms with Gasteiger partial charge in [-0.25, -0.2) is 9.37 Å². The first-order valence-corrected chi connectivity index (χ1v) is 7.52. The average molecular weight is 307 g/mol. The number of amides is 1. The van der Waals surface area contributed by atoms with Crippen molar-refractivity contribution in [2.75, 3.05) is 7.05 Å². The summed E-state index contributed by atoms with van der Waals surface area (Å²) < 4.78 is 13.8. The summed E-state index contributed by atoms with van der Waals surface area (Å²) in [4.78, 5) is 18.1. The molecule has 2 N–H and O–H groups in total. The van der Waals surface area contributed by atoms with Crippen molar-refractivity contribution in [3.63, 3.8) is 0 Å². The zero-order valence-electron chi connectivity index (χ0n) is 12.2. The van der Waals surface area contributed by atoms with Crippen LogP contribution in [0.4, 0.5) is 4.39 Å². The first-order chi connectivity index (χ1) is 9.91. The predicted molar refractivity (Wildman–Crippen MR) is 81.6 cm³/mol. The minimum atomic E-state index is -0.376. The Labute approximate surface area is 127 Å². The summed E-state index contributed by atoms with van der Waals surface area (Å²) in [6.07, 6.45) is 0. The number of rotatable bonds is 4. The van der Waals surface area contributed by atoms with Gasteiger partial charge in [-0.3, -0.25) is 4.79 Å². The van der Waals surface area contributed by atoms with Crippen LogP contribution in [0, 0.1) is 5.82 Å². The number of nitrogens with two attached hydrogens (primary N) is 1. The molecule has 2 rings (SSSR count). The molecule has 1 aromatic carbocycles. The third-order valence-electron chi connectivity index (χ3n) is 3.39. The van der Waals surface area contributed by atoms with E-state index in [0.29, 0.717) is 16.3 Å². The summed E-state index contributed by atoms with van der Waals surface area (Å²) >= 11 is 1.36. The van der Waals surface area contributed by atoms with Crippen LogP contribution in [-0.2, 0) is 0 Å². The fourth-order valence-corrected chi connectivity index (χ4v) is 2.73. The average Bonchev–Trinajstić information content (AvgIpc) is 2.95. The van der Waals surface area contributed by atoms with Gasteiger partial charge >= 0.3 is 0 Å². The molecule has 21 heavy (non-hydrogen) atoms. The van der Waals surface area contributed by atoms with Crippen LogP contribution in [0.25, 0.3) is 0 Å². The number of thiazole rings is 1. The van der Waals surface area contributed by atoms with Gasteiger partial charge in [0.2, 0.25) is 0 Å². The quantitative estimate of drug-likeness (QED) is 0.944. The van der Waals surface area contributed by atoms with E-state index in [2.05, 4.69) is 4.98 Å². The van der Waals surface area contributed by atoms with Gasteiger partial charge in [0.25, 0.3) is 5.91 Å². The number of benzene rings is 1. The summed E-state index contributed by atoms with van der Waals surface area (Å²) in [5, 5.41) is 2.40. The molecule has 0 bridgehead atoms. The van der Waals surface area contributed by atoms with Gasteiger partial charge in [0.05, 0.1) is 12.1 Å². The topological polar surface area (TPSA) is 59.2 Å². The third-order valence-corrected chi connectivity index (χ3v) is 4.43. The van der Waals surface area contributed by atoms with Crippen LogP contribution in [0.1, 0.15) is 47.0 Å². The van der Waals surface area contributed by atoms with Crippen molar-refractivity contribution in [3.8, 4) is 0 Å². The molecule has 6 heteroatoms. The van der Waals surface area contributed by atoms with Crippen LogP contribution in [0.2, 0.25) is 0 Å². The second-order valence-corrected chi connectivity index (χ2v) is 5.86. The molecule has 4 nitrogen and oxygen atoms in total. The zero-order chi connectivity index (χ0) is 15.6. The highest BCUT2D eigenvalue weighted by Gasteiger charge is 2.23. The van der Waals surface area contributed by atoms with E-state index in [1.165, 1.54) is 22.3 Å². The number of hydrogen-bond acceptors (Lipinski definition) is 4. The van der Waals surface area contributed by atoms with Gasteiger partial charge < -0.3 is 10.6 Å². The molecule has 0 aliphatic carbocycles. The van der Waals surface area contributed by atoms with E-state index >= 15 is 0 Å². The summed E-state index contributed by atoms with van der Waals surface area (Å²) in [6, 6.07) is 5.87. The monoisotopic (exact) mass is 307 g/mol. The Balaban J connectivity index is 2.20. The lowest BCUT2D eigenvalue weighted by Crippen LogP contribution is -2.30. The zero-order valence-corrected chi connectivity index (χ0v) is 13.0. The largest absolute Gasteiger partial charge is 0.333 e. The van der Waals surface area contributed by atoms with Crippen molar-refractivity contribution < 1.29 is 9.18 Å². The highest BCUT2D eigenvalue weighted by atomic mass is 32.1. The number of aromatic nitrogens is 1. The molecule has 2 unspecified atom stereocenters. The van der Waals surface area contributed by atoms with Crippen molar-refractivity contribution in [1.82, 2.24) is 9.88 Å². The fourth-order valence-electron chi connectivity index (χ4n) is 1.97. The Morgan fingerprint density at radius 3 is 2.62 bits per heavy atom. The molecule has 1 aromatic heterocycles. The van der Waals surface area contributed by atoms with Crippen molar-refractivity contribution in [3.05, 3.63) is 51.7 Å². The molecule has 1 heterocycles. The van der Waals surface area contributed by atoms with E-state index in [1.807, 2.05) is 6.92 Å². The van der Waals surface area contributed by atoms with Crippen LogP contribution >= 0.6 is 11.3 Å². The molecule has 112 valence electrons. The molecule has 0 saturated heterocycles. The number of carbonyl (C=O) groups is 1. The number of halogens is 1. The van der Waals surface area contributed by atoms with Crippen molar-refractivity contribution >= 4 is 17.2 Å². The lowest BCUT2D eigenvalue weighted by molar-refractivity contribution is 0.0735. The smallest absolute Gasteiger partial charge is 0.273 e. The summed E-state index contributed by atoms with van der Waals surface area (Å²) in [5.41, 5.74) is 6.58. The van der Waals surface area contributed by atoms with Crippen LogP contribution in [-0.4, -0.2) is 22.8 Å². The minimum Gasteiger partial charge on any atom is -0.333 e. The molecule has 0 aliphatic rings. The third kappa shape index (κ3) is 3.28. The van der Waals surface area contributed by atoms with Gasteiger partial charge in [-0.05, 0) is 19.9 Å². The Morgan fingerprint density at radius 1 is 1.38 bits per heavy atom. The van der Waals surface area contributed by atoms with Crippen molar-refractivity contribution in [2.45, 2.75) is 25.9 Å². The standard InChI is InChI=1S/C15H18FN3OS/c1-9(17)14-18-13(8-21-14)15(20)19(3)10(2)11-6-4-5-7-12(11)16/h4-10H,17H2,1-3H3. The molecule has 0 aliphatic heterocycles. The Bertz CT molecular complexity index is 641. The van der Waals surface area contributed by atoms with Crippen LogP contribution < -0.4 is 5.73 Å². The Kier molecular flexibility index (Phi) is 4.69. The van der Waals surface area contributed by atoms with Crippen LogP contribution in [0.3, 0.4) is 0 Å². The highest BCUT2D eigenvalue weighted by Crippen LogP contribution is 2.24. The van der Waals surface area contributed by atoms with Crippen molar-refractivity contribution in [2.24, 2.45) is 5.73 Å². The van der Waals surface area contributed by atoms with E-state index in [1.54, 1.807) is 37.6 Å². The van der Waals surface area contributed by atoms with Gasteiger partial charge in [0.1, 0.15) is 16.5 Å². The molecule has 0 saturated carbocycles. The molecular formula is C15H18FN3OS. The highest BCUT2D eigenvalue weighted by molar-refractivity contribution is 7.09. The second-order valence-electron chi connectivity index (χ2n) is 4.97.